The lowest BCUT2D eigenvalue weighted by atomic mass is 9.69. The van der Waals surface area contributed by atoms with Crippen molar-refractivity contribution in [2.45, 2.75) is 91.8 Å². The van der Waals surface area contributed by atoms with E-state index in [1.54, 1.807) is 24.3 Å². The van der Waals surface area contributed by atoms with Gasteiger partial charge in [-0.3, -0.25) is 31.7 Å². The van der Waals surface area contributed by atoms with Crippen LogP contribution < -0.4 is 22.7 Å². The molecular weight excluding hydrogens is 557 g/mol. The Kier molecular flexibility index (Phi) is 11.1. The minimum Gasteiger partial charge on any atom is -0.386 e. The van der Waals surface area contributed by atoms with Crippen molar-refractivity contribution in [3.63, 3.8) is 0 Å². The molecule has 1 aliphatic carbocycles. The molecule has 1 unspecified atom stereocenters. The third-order valence-corrected chi connectivity index (χ3v) is 8.78. The van der Waals surface area contributed by atoms with Crippen molar-refractivity contribution in [2.24, 2.45) is 39.2 Å². The minimum absolute atomic E-state index is 0.0185. The van der Waals surface area contributed by atoms with Crippen LogP contribution in [-0.2, 0) is 4.79 Å². The van der Waals surface area contributed by atoms with Gasteiger partial charge in [-0.05, 0) is 85.1 Å². The number of rotatable bonds is 8. The molecule has 10 heteroatoms. The molecule has 1 saturated carbocycles. The molecule has 2 aliphatic rings. The van der Waals surface area contributed by atoms with Gasteiger partial charge in [-0.15, -0.1) is 0 Å². The molecule has 8 N–H and O–H groups in total. The van der Waals surface area contributed by atoms with E-state index in [2.05, 4.69) is 58.5 Å². The Balaban J connectivity index is 0.00000259. The first kappa shape index (κ1) is 34.9. The minimum atomic E-state index is -0.708. The Bertz CT molecular complexity index is 1350. The van der Waals surface area contributed by atoms with E-state index in [-0.39, 0.29) is 41.1 Å². The van der Waals surface area contributed by atoms with Gasteiger partial charge in [-0.25, -0.2) is 4.39 Å². The summed E-state index contributed by atoms with van der Waals surface area (Å²) in [6, 6.07) is 13.2. The van der Waals surface area contributed by atoms with Crippen LogP contribution in [0.2, 0.25) is 0 Å². The zero-order valence-electron chi connectivity index (χ0n) is 27.0. The molecule has 0 radical (unpaired) electrons. The van der Waals surface area contributed by atoms with E-state index in [9.17, 15) is 14.0 Å². The lowest BCUT2D eigenvalue weighted by Crippen LogP contribution is -2.51. The van der Waals surface area contributed by atoms with Crippen LogP contribution in [-0.4, -0.2) is 40.5 Å². The maximum Gasteiger partial charge on any atom is 0.275 e. The summed E-state index contributed by atoms with van der Waals surface area (Å²) in [5.74, 6) is 7.53. The third-order valence-electron chi connectivity index (χ3n) is 8.78. The first-order valence-corrected chi connectivity index (χ1v) is 15.3. The number of carbonyl (C=O) groups is 2. The summed E-state index contributed by atoms with van der Waals surface area (Å²) >= 11 is 0. The van der Waals surface area contributed by atoms with Crippen LogP contribution >= 0.6 is 0 Å². The largest absolute Gasteiger partial charge is 0.386 e. The predicted octanol–water partition coefficient (Wildman–Crippen LogP) is 5.44. The first-order valence-electron chi connectivity index (χ1n) is 15.3. The Morgan fingerprint density at radius 2 is 1.70 bits per heavy atom. The topological polar surface area (TPSA) is 164 Å². The highest BCUT2D eigenvalue weighted by Gasteiger charge is 2.52. The highest BCUT2D eigenvalue weighted by atomic mass is 19.1. The van der Waals surface area contributed by atoms with E-state index in [0.717, 1.165) is 44.1 Å². The van der Waals surface area contributed by atoms with Crippen LogP contribution in [0, 0.1) is 28.0 Å². The number of hydrogen-bond donors (Lipinski definition) is 5. The summed E-state index contributed by atoms with van der Waals surface area (Å²) in [6.45, 7) is 13.4. The molecule has 1 atom stereocenters. The SMILES string of the molecule is CC(C)(C)CCC(c1ccc(C(=O)NCC(=N)N)cc1)N1C(=O)C(c2cccc(F)c2)=NC12CCC(C(C)(C)C)CC2.NN. The number of nitrogens with zero attached hydrogens (tertiary/aromatic N) is 2. The number of amides is 2. The van der Waals surface area contributed by atoms with E-state index < -0.39 is 11.5 Å². The average molecular weight is 608 g/mol. The number of nitrogens with two attached hydrogens (primary N) is 3. The van der Waals surface area contributed by atoms with Gasteiger partial charge >= 0.3 is 0 Å². The molecule has 1 aliphatic heterocycles. The van der Waals surface area contributed by atoms with Gasteiger partial charge in [0.1, 0.15) is 23.0 Å². The molecule has 0 bridgehead atoms. The Labute approximate surface area is 261 Å². The predicted molar refractivity (Wildman–Crippen MR) is 174 cm³/mol. The second kappa shape index (κ2) is 14.0. The molecule has 2 aromatic rings. The summed E-state index contributed by atoms with van der Waals surface area (Å²) in [6.07, 6.45) is 5.00. The summed E-state index contributed by atoms with van der Waals surface area (Å²) in [7, 11) is 0. The van der Waals surface area contributed by atoms with Crippen LogP contribution in [0.5, 0.6) is 0 Å². The van der Waals surface area contributed by atoms with Crippen LogP contribution in [0.1, 0.15) is 108 Å². The van der Waals surface area contributed by atoms with Crippen molar-refractivity contribution >= 4 is 23.4 Å². The van der Waals surface area contributed by atoms with Gasteiger partial charge in [0.05, 0.1) is 12.6 Å². The fraction of sp³-hybridized carbons (Fsp3) is 0.529. The lowest BCUT2D eigenvalue weighted by molar-refractivity contribution is -0.134. The highest BCUT2D eigenvalue weighted by Crippen LogP contribution is 2.50. The van der Waals surface area contributed by atoms with Crippen LogP contribution in [0.25, 0.3) is 0 Å². The van der Waals surface area contributed by atoms with E-state index in [4.69, 9.17) is 16.1 Å². The second-order valence-electron chi connectivity index (χ2n) is 14.2. The molecule has 240 valence electrons. The lowest BCUT2D eigenvalue weighted by Gasteiger charge is -2.47. The zero-order chi connectivity index (χ0) is 32.9. The van der Waals surface area contributed by atoms with E-state index in [0.29, 0.717) is 22.8 Å². The molecule has 1 heterocycles. The van der Waals surface area contributed by atoms with Crippen molar-refractivity contribution in [1.82, 2.24) is 10.2 Å². The number of carbonyl (C=O) groups excluding carboxylic acids is 2. The van der Waals surface area contributed by atoms with Gasteiger partial charge in [0.2, 0.25) is 0 Å². The van der Waals surface area contributed by atoms with Gasteiger partial charge in [0, 0.05) is 11.1 Å². The molecule has 2 amide bonds. The van der Waals surface area contributed by atoms with Crippen LogP contribution in [0.3, 0.4) is 0 Å². The monoisotopic (exact) mass is 607 g/mol. The average Bonchev–Trinajstić information content (AvgIpc) is 3.23. The maximum absolute atomic E-state index is 14.4. The molecule has 1 fully saturated rings. The summed E-state index contributed by atoms with van der Waals surface area (Å²) in [4.78, 5) is 34.2. The fourth-order valence-corrected chi connectivity index (χ4v) is 6.32. The molecule has 4 rings (SSSR count). The number of hydrazine groups is 1. The van der Waals surface area contributed by atoms with Crippen molar-refractivity contribution in [1.29, 1.82) is 5.41 Å². The Morgan fingerprint density at radius 1 is 1.09 bits per heavy atom. The van der Waals surface area contributed by atoms with Gasteiger partial charge < -0.3 is 16.0 Å². The molecule has 0 saturated heterocycles. The number of amidine groups is 1. The third kappa shape index (κ3) is 8.30. The molecule has 44 heavy (non-hydrogen) atoms. The number of nitrogens with one attached hydrogen (secondary N) is 2. The van der Waals surface area contributed by atoms with E-state index >= 15 is 0 Å². The number of hydrogen-bond acceptors (Lipinski definition) is 6. The molecule has 9 nitrogen and oxygen atoms in total. The van der Waals surface area contributed by atoms with Crippen molar-refractivity contribution in [2.75, 3.05) is 6.54 Å². The number of halogens is 1. The van der Waals surface area contributed by atoms with Gasteiger partial charge in [0.15, 0.2) is 0 Å². The van der Waals surface area contributed by atoms with E-state index in [1.165, 1.54) is 12.1 Å². The molecular formula is C34H50FN7O2. The highest BCUT2D eigenvalue weighted by molar-refractivity contribution is 6.46. The van der Waals surface area contributed by atoms with Crippen molar-refractivity contribution in [3.8, 4) is 0 Å². The second-order valence-corrected chi connectivity index (χ2v) is 14.2. The first-order chi connectivity index (χ1) is 20.6. The van der Waals surface area contributed by atoms with Crippen molar-refractivity contribution in [3.05, 3.63) is 71.0 Å². The number of benzene rings is 2. The standard InChI is InChI=1S/C34H46FN5O2.H4N2/c1-32(2,3)17-16-27(22-10-12-23(13-11-22)30(41)38-21-28(36)37)40-31(42)29(24-8-7-9-26(35)20-24)39-34(40)18-14-25(15-19-34)33(4,5)6;1-2/h7-13,20,25,27H,14-19,21H2,1-6H3,(H3,36,37)(H,38,41);1-2H2. The Hall–Kier alpha value is -3.63. The maximum atomic E-state index is 14.4. The summed E-state index contributed by atoms with van der Waals surface area (Å²) in [5.41, 5.74) is 7.11. The summed E-state index contributed by atoms with van der Waals surface area (Å²) < 4.78 is 14.3. The normalized spacial score (nSPS) is 20.9. The quantitative estimate of drug-likeness (QED) is 0.117. The van der Waals surface area contributed by atoms with Gasteiger partial charge in [-0.2, -0.15) is 0 Å². The zero-order valence-corrected chi connectivity index (χ0v) is 27.0. The van der Waals surface area contributed by atoms with E-state index in [1.807, 2.05) is 17.0 Å². The fourth-order valence-electron chi connectivity index (χ4n) is 6.32. The molecule has 1 spiro atoms. The molecule has 2 aromatic carbocycles. The van der Waals surface area contributed by atoms with Gasteiger partial charge in [-0.1, -0.05) is 65.8 Å². The summed E-state index contributed by atoms with van der Waals surface area (Å²) in [5, 5.41) is 10.0. The molecule has 0 aromatic heterocycles. The Morgan fingerprint density at radius 3 is 2.23 bits per heavy atom. The van der Waals surface area contributed by atoms with Gasteiger partial charge in [0.25, 0.3) is 11.8 Å². The van der Waals surface area contributed by atoms with Crippen LogP contribution in [0.4, 0.5) is 4.39 Å². The van der Waals surface area contributed by atoms with Crippen LogP contribution in [0.15, 0.2) is 53.5 Å². The smallest absolute Gasteiger partial charge is 0.275 e. The van der Waals surface area contributed by atoms with Crippen molar-refractivity contribution < 1.29 is 14.0 Å². The number of aliphatic imine (C=N–C) groups is 1.